The number of hydrogen-bond donors (Lipinski definition) is 2. The number of carbonyl (C=O) groups is 1. The Morgan fingerprint density at radius 1 is 1.21 bits per heavy atom. The van der Waals surface area contributed by atoms with E-state index >= 15 is 0 Å². The number of halogens is 1. The predicted octanol–water partition coefficient (Wildman–Crippen LogP) is 4.00. The monoisotopic (exact) mass is 398 g/mol. The molecule has 2 atom stereocenters. The first-order valence-corrected chi connectivity index (χ1v) is 9.91. The maximum atomic E-state index is 12.4. The van der Waals surface area contributed by atoms with E-state index < -0.39 is 0 Å². The van der Waals surface area contributed by atoms with Crippen molar-refractivity contribution in [1.82, 2.24) is 20.4 Å². The van der Waals surface area contributed by atoms with Gasteiger partial charge in [0.2, 0.25) is 5.91 Å². The molecule has 1 heterocycles. The molecule has 0 aliphatic rings. The second-order valence-corrected chi connectivity index (χ2v) is 8.01. The van der Waals surface area contributed by atoms with Gasteiger partial charge in [0.05, 0.1) is 11.7 Å². The number of nitrogens with zero attached hydrogens (tertiary/aromatic N) is 2. The molecular weight excluding hydrogens is 372 g/mol. The fraction of sp³-hybridized carbons (Fsp3) is 0.364. The molecule has 3 rings (SSSR count). The van der Waals surface area contributed by atoms with Crippen LogP contribution in [0.25, 0.3) is 10.9 Å². The third-order valence-corrected chi connectivity index (χ3v) is 5.42. The molecule has 0 radical (unpaired) electrons. The molecule has 148 valence electrons. The normalized spacial score (nSPS) is 13.6. The maximum Gasteiger partial charge on any atom is 0.220 e. The highest BCUT2D eigenvalue weighted by molar-refractivity contribution is 6.30. The van der Waals surface area contributed by atoms with Crippen LogP contribution in [-0.2, 0) is 11.2 Å². The van der Waals surface area contributed by atoms with E-state index in [1.165, 1.54) is 5.56 Å². The highest BCUT2D eigenvalue weighted by Gasteiger charge is 2.16. The molecule has 1 amide bonds. The predicted molar refractivity (Wildman–Crippen MR) is 115 cm³/mol. The van der Waals surface area contributed by atoms with E-state index in [1.807, 2.05) is 44.6 Å². The number of fused-ring (bicyclic) bond motifs is 1. The Balaban J connectivity index is 1.55. The standard InChI is InChI=1S/C22H27ClN4O/c1-15(17-5-7-19(23)8-6-17)10-22(28)24-14-20(27(2)3)12-16-4-9-21-18(11-16)13-25-26-21/h4-9,11,13,15,20H,10,12,14H2,1-3H3,(H,24,28)(H,25,26). The molecule has 0 saturated carbocycles. The van der Waals surface area contributed by atoms with Gasteiger partial charge in [0.1, 0.15) is 0 Å². The number of carbonyl (C=O) groups excluding carboxylic acids is 1. The Hall–Kier alpha value is -2.37. The summed E-state index contributed by atoms with van der Waals surface area (Å²) in [6.07, 6.45) is 3.16. The maximum absolute atomic E-state index is 12.4. The van der Waals surface area contributed by atoms with Crippen LogP contribution in [0.4, 0.5) is 0 Å². The Labute approximate surface area is 171 Å². The molecule has 0 aliphatic carbocycles. The van der Waals surface area contributed by atoms with Crippen molar-refractivity contribution >= 4 is 28.4 Å². The van der Waals surface area contributed by atoms with Crippen LogP contribution in [0.3, 0.4) is 0 Å². The zero-order valence-corrected chi connectivity index (χ0v) is 17.3. The van der Waals surface area contributed by atoms with Crippen LogP contribution in [0.15, 0.2) is 48.7 Å². The lowest BCUT2D eigenvalue weighted by molar-refractivity contribution is -0.121. The van der Waals surface area contributed by atoms with E-state index in [9.17, 15) is 4.79 Å². The molecule has 28 heavy (non-hydrogen) atoms. The second-order valence-electron chi connectivity index (χ2n) is 7.57. The summed E-state index contributed by atoms with van der Waals surface area (Å²) in [4.78, 5) is 14.6. The number of likely N-dealkylation sites (N-methyl/N-ethyl adjacent to an activating group) is 1. The van der Waals surface area contributed by atoms with E-state index in [2.05, 4.69) is 45.5 Å². The Morgan fingerprint density at radius 2 is 1.96 bits per heavy atom. The van der Waals surface area contributed by atoms with Crippen molar-refractivity contribution in [3.8, 4) is 0 Å². The summed E-state index contributed by atoms with van der Waals surface area (Å²) in [5, 5.41) is 12.0. The average molecular weight is 399 g/mol. The third-order valence-electron chi connectivity index (χ3n) is 5.17. The first-order valence-electron chi connectivity index (χ1n) is 9.53. The van der Waals surface area contributed by atoms with Crippen molar-refractivity contribution in [2.24, 2.45) is 0 Å². The van der Waals surface area contributed by atoms with Crippen molar-refractivity contribution in [3.05, 3.63) is 64.8 Å². The number of aromatic amines is 1. The van der Waals surface area contributed by atoms with Crippen LogP contribution in [0.2, 0.25) is 5.02 Å². The van der Waals surface area contributed by atoms with Gasteiger partial charge in [-0.05, 0) is 61.8 Å². The molecule has 3 aromatic rings. The summed E-state index contributed by atoms with van der Waals surface area (Å²) >= 11 is 5.94. The van der Waals surface area contributed by atoms with E-state index in [0.717, 1.165) is 22.9 Å². The van der Waals surface area contributed by atoms with Gasteiger partial charge in [-0.2, -0.15) is 5.10 Å². The number of nitrogens with one attached hydrogen (secondary N) is 2. The third kappa shape index (κ3) is 5.33. The van der Waals surface area contributed by atoms with Crippen molar-refractivity contribution in [1.29, 1.82) is 0 Å². The van der Waals surface area contributed by atoms with Crippen LogP contribution in [0, 0.1) is 0 Å². The topological polar surface area (TPSA) is 61.0 Å². The summed E-state index contributed by atoms with van der Waals surface area (Å²) in [5.74, 6) is 0.221. The summed E-state index contributed by atoms with van der Waals surface area (Å²) in [6, 6.07) is 14.2. The van der Waals surface area contributed by atoms with Crippen molar-refractivity contribution in [2.45, 2.75) is 31.7 Å². The molecule has 2 unspecified atom stereocenters. The highest BCUT2D eigenvalue weighted by Crippen LogP contribution is 2.21. The molecule has 6 heteroatoms. The van der Waals surface area contributed by atoms with E-state index in [4.69, 9.17) is 11.6 Å². The minimum Gasteiger partial charge on any atom is -0.355 e. The molecule has 2 N–H and O–H groups in total. The quantitative estimate of drug-likeness (QED) is 0.603. The van der Waals surface area contributed by atoms with Crippen LogP contribution >= 0.6 is 11.6 Å². The summed E-state index contributed by atoms with van der Waals surface area (Å²) in [6.45, 7) is 2.68. The lowest BCUT2D eigenvalue weighted by atomic mass is 9.97. The second kappa shape index (κ2) is 9.22. The molecule has 5 nitrogen and oxygen atoms in total. The molecule has 0 saturated heterocycles. The van der Waals surface area contributed by atoms with Gasteiger partial charge in [0, 0.05) is 29.4 Å². The van der Waals surface area contributed by atoms with Gasteiger partial charge < -0.3 is 10.2 Å². The average Bonchev–Trinajstić information content (AvgIpc) is 3.13. The molecule has 0 spiro atoms. The number of rotatable bonds is 8. The van der Waals surface area contributed by atoms with Gasteiger partial charge in [0.15, 0.2) is 0 Å². The summed E-state index contributed by atoms with van der Waals surface area (Å²) in [7, 11) is 4.09. The van der Waals surface area contributed by atoms with Crippen LogP contribution in [0.1, 0.15) is 30.4 Å². The van der Waals surface area contributed by atoms with Crippen molar-refractivity contribution in [2.75, 3.05) is 20.6 Å². The van der Waals surface area contributed by atoms with Gasteiger partial charge in [0.25, 0.3) is 0 Å². The number of aromatic nitrogens is 2. The Kier molecular flexibility index (Phi) is 6.70. The minimum atomic E-state index is 0.0691. The van der Waals surface area contributed by atoms with Crippen molar-refractivity contribution in [3.63, 3.8) is 0 Å². The largest absolute Gasteiger partial charge is 0.355 e. The molecule has 2 aromatic carbocycles. The molecule has 0 fully saturated rings. The zero-order chi connectivity index (χ0) is 20.1. The van der Waals surface area contributed by atoms with Crippen molar-refractivity contribution < 1.29 is 4.79 Å². The number of H-pyrrole nitrogens is 1. The number of hydrogen-bond acceptors (Lipinski definition) is 3. The summed E-state index contributed by atoms with van der Waals surface area (Å²) in [5.41, 5.74) is 3.39. The van der Waals surface area contributed by atoms with Crippen LogP contribution < -0.4 is 5.32 Å². The molecule has 0 aliphatic heterocycles. The molecule has 1 aromatic heterocycles. The van der Waals surface area contributed by atoms with E-state index in [0.29, 0.717) is 18.0 Å². The first kappa shape index (κ1) is 20.4. The smallest absolute Gasteiger partial charge is 0.220 e. The molecule has 0 bridgehead atoms. The van der Waals surface area contributed by atoms with Gasteiger partial charge in [-0.15, -0.1) is 0 Å². The summed E-state index contributed by atoms with van der Waals surface area (Å²) < 4.78 is 0. The Bertz CT molecular complexity index is 920. The highest BCUT2D eigenvalue weighted by atomic mass is 35.5. The number of amides is 1. The first-order chi connectivity index (χ1) is 13.4. The molecular formula is C22H27ClN4O. The minimum absolute atomic E-state index is 0.0691. The van der Waals surface area contributed by atoms with Crippen LogP contribution in [-0.4, -0.2) is 47.7 Å². The fourth-order valence-corrected chi connectivity index (χ4v) is 3.45. The lowest BCUT2D eigenvalue weighted by Crippen LogP contribution is -2.41. The van der Waals surface area contributed by atoms with Gasteiger partial charge in [-0.25, -0.2) is 0 Å². The zero-order valence-electron chi connectivity index (χ0n) is 16.6. The van der Waals surface area contributed by atoms with Gasteiger partial charge >= 0.3 is 0 Å². The number of benzene rings is 2. The van der Waals surface area contributed by atoms with Gasteiger partial charge in [-0.1, -0.05) is 36.7 Å². The van der Waals surface area contributed by atoms with E-state index in [-0.39, 0.29) is 17.9 Å². The SMILES string of the molecule is CC(CC(=O)NCC(Cc1ccc2[nH]ncc2c1)N(C)C)c1ccc(Cl)cc1. The van der Waals surface area contributed by atoms with E-state index in [1.54, 1.807) is 0 Å². The van der Waals surface area contributed by atoms with Gasteiger partial charge in [-0.3, -0.25) is 9.89 Å². The Morgan fingerprint density at radius 3 is 2.68 bits per heavy atom. The fourth-order valence-electron chi connectivity index (χ4n) is 3.32. The lowest BCUT2D eigenvalue weighted by Gasteiger charge is -2.25. The van der Waals surface area contributed by atoms with Crippen LogP contribution in [0.5, 0.6) is 0 Å².